The Morgan fingerprint density at radius 3 is 2.48 bits per heavy atom. The first-order valence-electron chi connectivity index (χ1n) is 6.74. The smallest absolute Gasteiger partial charge is 0.333 e. The van der Waals surface area contributed by atoms with Gasteiger partial charge in [0.25, 0.3) is 0 Å². The Balaban J connectivity index is 2.73. The summed E-state index contributed by atoms with van der Waals surface area (Å²) < 4.78 is 16.0. The van der Waals surface area contributed by atoms with Crippen LogP contribution in [0.3, 0.4) is 0 Å². The van der Waals surface area contributed by atoms with E-state index in [2.05, 4.69) is 11.9 Å². The third-order valence-corrected chi connectivity index (χ3v) is 3.34. The molecule has 1 saturated heterocycles. The zero-order valence-electron chi connectivity index (χ0n) is 12.8. The largest absolute Gasteiger partial charge is 0.459 e. The molecule has 0 radical (unpaired) electrons. The minimum absolute atomic E-state index is 0.0572. The second-order valence-corrected chi connectivity index (χ2v) is 5.18. The number of rotatable bonds is 5. The summed E-state index contributed by atoms with van der Waals surface area (Å²) >= 11 is 0. The van der Waals surface area contributed by atoms with E-state index < -0.39 is 36.4 Å². The predicted octanol–water partition coefficient (Wildman–Crippen LogP) is -0.226. The van der Waals surface area contributed by atoms with Crippen molar-refractivity contribution in [2.75, 3.05) is 13.7 Å². The van der Waals surface area contributed by atoms with Crippen LogP contribution in [-0.4, -0.2) is 61.2 Å². The van der Waals surface area contributed by atoms with E-state index in [1.54, 1.807) is 13.8 Å². The van der Waals surface area contributed by atoms with Gasteiger partial charge in [0.2, 0.25) is 5.91 Å². The highest BCUT2D eigenvalue weighted by Crippen LogP contribution is 2.23. The summed E-state index contributed by atoms with van der Waals surface area (Å²) in [5, 5.41) is 12.9. The molecule has 1 fully saturated rings. The molecule has 0 aliphatic carbocycles. The summed E-state index contributed by atoms with van der Waals surface area (Å²) in [5.74, 6) is -0.795. The average Bonchev–Trinajstić information content (AvgIpc) is 2.40. The summed E-state index contributed by atoms with van der Waals surface area (Å²) in [5.41, 5.74) is 0.282. The molecule has 1 amide bonds. The van der Waals surface area contributed by atoms with E-state index in [0.717, 1.165) is 0 Å². The van der Waals surface area contributed by atoms with Crippen molar-refractivity contribution < 1.29 is 28.9 Å². The van der Waals surface area contributed by atoms with Gasteiger partial charge >= 0.3 is 5.97 Å². The van der Waals surface area contributed by atoms with E-state index >= 15 is 0 Å². The van der Waals surface area contributed by atoms with E-state index in [1.165, 1.54) is 14.0 Å². The van der Waals surface area contributed by atoms with Gasteiger partial charge < -0.3 is 24.6 Å². The van der Waals surface area contributed by atoms with Gasteiger partial charge in [-0.3, -0.25) is 4.79 Å². The molecule has 1 heterocycles. The standard InChI is InChI=1S/C14H23NO6/c1-7(2)14(18)20-6-10-13(19-5)12(17)11(8(3)21-10)15-9(4)16/h8,10-13,17H,1,6H2,2-5H3,(H,15,16)/t8?,10?,11-,12-,13-/m1/s1. The number of amides is 1. The fourth-order valence-electron chi connectivity index (χ4n) is 2.28. The Labute approximate surface area is 124 Å². The maximum Gasteiger partial charge on any atom is 0.333 e. The first-order valence-corrected chi connectivity index (χ1v) is 6.74. The molecule has 120 valence electrons. The lowest BCUT2D eigenvalue weighted by Gasteiger charge is -2.43. The lowest BCUT2D eigenvalue weighted by Crippen LogP contribution is -2.63. The summed E-state index contributed by atoms with van der Waals surface area (Å²) in [6.45, 7) is 8.06. The number of carbonyl (C=O) groups excluding carboxylic acids is 2. The second kappa shape index (κ2) is 7.53. The molecule has 2 N–H and O–H groups in total. The van der Waals surface area contributed by atoms with Gasteiger partial charge in [-0.15, -0.1) is 0 Å². The number of ether oxygens (including phenoxy) is 3. The van der Waals surface area contributed by atoms with Crippen LogP contribution in [0.2, 0.25) is 0 Å². The van der Waals surface area contributed by atoms with Crippen LogP contribution in [0.25, 0.3) is 0 Å². The topological polar surface area (TPSA) is 94.1 Å². The number of nitrogens with one attached hydrogen (secondary N) is 1. The molecule has 0 aromatic heterocycles. The quantitative estimate of drug-likeness (QED) is 0.538. The first kappa shape index (κ1) is 17.6. The van der Waals surface area contributed by atoms with Crippen LogP contribution in [0.4, 0.5) is 0 Å². The monoisotopic (exact) mass is 301 g/mol. The third kappa shape index (κ3) is 4.52. The zero-order valence-corrected chi connectivity index (χ0v) is 12.8. The summed E-state index contributed by atoms with van der Waals surface area (Å²) in [6.07, 6.45) is -2.73. The van der Waals surface area contributed by atoms with E-state index in [0.29, 0.717) is 0 Å². The molecule has 1 rings (SSSR count). The number of aliphatic hydroxyl groups excluding tert-OH is 1. The minimum Gasteiger partial charge on any atom is -0.459 e. The van der Waals surface area contributed by atoms with E-state index in [9.17, 15) is 14.7 Å². The van der Waals surface area contributed by atoms with Gasteiger partial charge in [0, 0.05) is 19.6 Å². The number of methoxy groups -OCH3 is 1. The number of esters is 1. The average molecular weight is 301 g/mol. The van der Waals surface area contributed by atoms with Crippen molar-refractivity contribution in [2.24, 2.45) is 0 Å². The van der Waals surface area contributed by atoms with Gasteiger partial charge in [-0.25, -0.2) is 4.79 Å². The van der Waals surface area contributed by atoms with Crippen molar-refractivity contribution in [2.45, 2.75) is 51.2 Å². The van der Waals surface area contributed by atoms with Crippen molar-refractivity contribution in [3.63, 3.8) is 0 Å². The van der Waals surface area contributed by atoms with Gasteiger partial charge in [-0.2, -0.15) is 0 Å². The Bertz CT molecular complexity index is 410. The molecule has 0 aromatic carbocycles. The first-order chi connectivity index (χ1) is 9.77. The van der Waals surface area contributed by atoms with Crippen molar-refractivity contribution in [3.8, 4) is 0 Å². The van der Waals surface area contributed by atoms with Gasteiger partial charge in [0.15, 0.2) is 0 Å². The molecule has 1 aliphatic heterocycles. The van der Waals surface area contributed by atoms with Gasteiger partial charge in [0.05, 0.1) is 12.1 Å². The predicted molar refractivity (Wildman–Crippen MR) is 74.5 cm³/mol. The molecule has 2 unspecified atom stereocenters. The van der Waals surface area contributed by atoms with Crippen LogP contribution in [0, 0.1) is 0 Å². The Hall–Kier alpha value is -1.44. The van der Waals surface area contributed by atoms with Gasteiger partial charge in [0.1, 0.15) is 24.9 Å². The van der Waals surface area contributed by atoms with Crippen molar-refractivity contribution in [1.82, 2.24) is 5.32 Å². The van der Waals surface area contributed by atoms with Crippen molar-refractivity contribution in [3.05, 3.63) is 12.2 Å². The maximum atomic E-state index is 11.4. The molecule has 5 atom stereocenters. The second-order valence-electron chi connectivity index (χ2n) is 5.18. The van der Waals surface area contributed by atoms with Gasteiger partial charge in [-0.05, 0) is 13.8 Å². The normalized spacial score (nSPS) is 32.3. The number of hydrogen-bond donors (Lipinski definition) is 2. The number of aliphatic hydroxyl groups is 1. The van der Waals surface area contributed by atoms with Gasteiger partial charge in [-0.1, -0.05) is 6.58 Å². The van der Waals surface area contributed by atoms with Crippen molar-refractivity contribution in [1.29, 1.82) is 0 Å². The number of hydrogen-bond acceptors (Lipinski definition) is 6. The SMILES string of the molecule is C=C(C)C(=O)OCC1OC(C)[C@@H](NC(C)=O)[C@@H](O)[C@@H]1OC. The van der Waals surface area contributed by atoms with Crippen LogP contribution in [0.5, 0.6) is 0 Å². The molecule has 0 bridgehead atoms. The highest BCUT2D eigenvalue weighted by molar-refractivity contribution is 5.86. The van der Waals surface area contributed by atoms with Crippen molar-refractivity contribution >= 4 is 11.9 Å². The molecule has 0 spiro atoms. The van der Waals surface area contributed by atoms with Crippen LogP contribution in [0.15, 0.2) is 12.2 Å². The highest BCUT2D eigenvalue weighted by atomic mass is 16.6. The van der Waals surface area contributed by atoms with Crippen LogP contribution >= 0.6 is 0 Å². The summed E-state index contributed by atoms with van der Waals surface area (Å²) in [6, 6.07) is -0.583. The maximum absolute atomic E-state index is 11.4. The van der Waals surface area contributed by atoms with E-state index in [4.69, 9.17) is 14.2 Å². The molecule has 0 aromatic rings. The summed E-state index contributed by atoms with van der Waals surface area (Å²) in [7, 11) is 1.42. The fourth-order valence-corrected chi connectivity index (χ4v) is 2.28. The van der Waals surface area contributed by atoms with E-state index in [1.807, 2.05) is 0 Å². The molecule has 21 heavy (non-hydrogen) atoms. The van der Waals surface area contributed by atoms with Crippen LogP contribution in [0.1, 0.15) is 20.8 Å². The lowest BCUT2D eigenvalue weighted by molar-refractivity contribution is -0.204. The zero-order chi connectivity index (χ0) is 16.2. The molecule has 7 nitrogen and oxygen atoms in total. The third-order valence-electron chi connectivity index (χ3n) is 3.34. The Kier molecular flexibility index (Phi) is 6.32. The highest BCUT2D eigenvalue weighted by Gasteiger charge is 2.44. The molecule has 7 heteroatoms. The molecular formula is C14H23NO6. The number of carbonyl (C=O) groups is 2. The Morgan fingerprint density at radius 1 is 1.38 bits per heavy atom. The van der Waals surface area contributed by atoms with Crippen LogP contribution in [-0.2, 0) is 23.8 Å². The molecule has 0 saturated carbocycles. The fraction of sp³-hybridized carbons (Fsp3) is 0.714. The minimum atomic E-state index is -0.962. The molecular weight excluding hydrogens is 278 g/mol. The molecule has 1 aliphatic rings. The van der Waals surface area contributed by atoms with E-state index in [-0.39, 0.29) is 18.1 Å². The van der Waals surface area contributed by atoms with Crippen LogP contribution < -0.4 is 5.32 Å². The lowest BCUT2D eigenvalue weighted by atomic mass is 9.93. The summed E-state index contributed by atoms with van der Waals surface area (Å²) in [4.78, 5) is 22.6. The Morgan fingerprint density at radius 2 is 2.00 bits per heavy atom.